The highest BCUT2D eigenvalue weighted by molar-refractivity contribution is 6.23. The van der Waals surface area contributed by atoms with Crippen molar-refractivity contribution in [2.75, 3.05) is 0 Å². The largest absolute Gasteiger partial charge is 0.115 e. The molecule has 2 rings (SSSR count). The smallest absolute Gasteiger partial charge is 0.0903 e. The lowest BCUT2D eigenvalue weighted by molar-refractivity contribution is 0.656. The first-order chi connectivity index (χ1) is 3.93. The maximum absolute atomic E-state index is 5.45. The normalized spacial score (nSPS) is 51.4. The summed E-state index contributed by atoms with van der Waals surface area (Å²) in [5.41, 5.74) is 0. The topological polar surface area (TPSA) is 0 Å². The first kappa shape index (κ1) is 5.10. The second kappa shape index (κ2) is 1.63. The van der Waals surface area contributed by atoms with Crippen LogP contribution < -0.4 is 0 Å². The van der Waals surface area contributed by atoms with Crippen LogP contribution in [0.15, 0.2) is 0 Å². The van der Waals surface area contributed by atoms with E-state index in [-0.39, 0.29) is 0 Å². The van der Waals surface area contributed by atoms with Gasteiger partial charge in [-0.25, -0.2) is 0 Å². The van der Waals surface area contributed by atoms with Crippen LogP contribution in [-0.4, -0.2) is 0 Å². The Morgan fingerprint density at radius 3 is 2.25 bits per heavy atom. The molecule has 0 aromatic rings. The summed E-state index contributed by atoms with van der Waals surface area (Å²) >= 11 is 5.45. The van der Waals surface area contributed by atoms with E-state index >= 15 is 0 Å². The van der Waals surface area contributed by atoms with Gasteiger partial charge in [0.15, 0.2) is 0 Å². The van der Waals surface area contributed by atoms with Gasteiger partial charge in [0, 0.05) is 0 Å². The van der Waals surface area contributed by atoms with Crippen molar-refractivity contribution >= 4 is 11.6 Å². The molecule has 0 spiro atoms. The Morgan fingerprint density at radius 1 is 1.25 bits per heavy atom. The molecule has 0 N–H and O–H groups in total. The third-order valence-electron chi connectivity index (χ3n) is 2.53. The molecule has 0 aromatic carbocycles. The molecule has 0 amide bonds. The predicted molar refractivity (Wildman–Crippen MR) is 33.4 cm³/mol. The standard InChI is InChI=1S/C7H9Cl/c8-4-7-5-2-1-3-6(5)7/h5-7H,1-3H2/t5-,6+,7?. The molecule has 0 aromatic heterocycles. The summed E-state index contributed by atoms with van der Waals surface area (Å²) in [6.45, 7) is 0. The van der Waals surface area contributed by atoms with Crippen LogP contribution in [0, 0.1) is 23.6 Å². The minimum absolute atomic E-state index is 0.686. The monoisotopic (exact) mass is 128 g/mol. The molecule has 2 saturated carbocycles. The van der Waals surface area contributed by atoms with Crippen molar-refractivity contribution in [2.45, 2.75) is 19.3 Å². The molecule has 0 nitrogen and oxygen atoms in total. The number of hydrogen-bond acceptors (Lipinski definition) is 0. The molecule has 1 unspecified atom stereocenters. The van der Waals surface area contributed by atoms with Crippen molar-refractivity contribution in [3.8, 4) is 0 Å². The fourth-order valence-electron chi connectivity index (χ4n) is 1.98. The molecule has 0 saturated heterocycles. The molecule has 2 aliphatic rings. The van der Waals surface area contributed by atoms with Gasteiger partial charge in [-0.05, 0) is 30.6 Å². The molecular formula is C7H9Cl. The lowest BCUT2D eigenvalue weighted by Gasteiger charge is -1.92. The first-order valence-electron chi connectivity index (χ1n) is 3.29. The Morgan fingerprint density at radius 2 is 1.88 bits per heavy atom. The zero-order chi connectivity index (χ0) is 5.56. The molecule has 2 radical (unpaired) electrons. The third kappa shape index (κ3) is 0.526. The third-order valence-corrected chi connectivity index (χ3v) is 2.78. The van der Waals surface area contributed by atoms with Gasteiger partial charge in [0.2, 0.25) is 0 Å². The maximum atomic E-state index is 5.45. The van der Waals surface area contributed by atoms with E-state index in [1.165, 1.54) is 19.3 Å². The SMILES string of the molecule is Cl[C]C1[C@H]2CCC[C@@H]12. The summed E-state index contributed by atoms with van der Waals surface area (Å²) in [5.74, 6) is 5.40. The Bertz CT molecular complexity index is 83.8. The lowest BCUT2D eigenvalue weighted by Crippen LogP contribution is -1.81. The van der Waals surface area contributed by atoms with Crippen LogP contribution in [-0.2, 0) is 0 Å². The second-order valence-electron chi connectivity index (χ2n) is 2.89. The van der Waals surface area contributed by atoms with Crippen molar-refractivity contribution < 1.29 is 0 Å². The molecule has 44 valence electrons. The summed E-state index contributed by atoms with van der Waals surface area (Å²) in [6, 6.07) is 0. The van der Waals surface area contributed by atoms with E-state index in [9.17, 15) is 0 Å². The lowest BCUT2D eigenvalue weighted by atomic mass is 10.2. The Labute approximate surface area is 55.2 Å². The van der Waals surface area contributed by atoms with Gasteiger partial charge >= 0.3 is 0 Å². The van der Waals surface area contributed by atoms with Crippen LogP contribution >= 0.6 is 11.6 Å². The highest BCUT2D eigenvalue weighted by atomic mass is 35.5. The van der Waals surface area contributed by atoms with Gasteiger partial charge in [0.05, 0.1) is 5.88 Å². The minimum Gasteiger partial charge on any atom is -0.115 e. The zero-order valence-corrected chi connectivity index (χ0v) is 5.49. The van der Waals surface area contributed by atoms with E-state index in [1.807, 2.05) is 0 Å². The van der Waals surface area contributed by atoms with Gasteiger partial charge in [-0.15, -0.1) is 11.6 Å². The van der Waals surface area contributed by atoms with Crippen LogP contribution in [0.5, 0.6) is 0 Å². The fraction of sp³-hybridized carbons (Fsp3) is 0.857. The number of halogens is 1. The Balaban J connectivity index is 1.94. The summed E-state index contributed by atoms with van der Waals surface area (Å²) in [7, 11) is 0. The molecule has 0 heterocycles. The van der Waals surface area contributed by atoms with Crippen molar-refractivity contribution in [3.05, 3.63) is 5.88 Å². The molecular weight excluding hydrogens is 120 g/mol. The first-order valence-corrected chi connectivity index (χ1v) is 3.67. The van der Waals surface area contributed by atoms with E-state index in [1.54, 1.807) is 0 Å². The van der Waals surface area contributed by atoms with E-state index in [4.69, 9.17) is 11.6 Å². The highest BCUT2D eigenvalue weighted by Crippen LogP contribution is 2.59. The zero-order valence-electron chi connectivity index (χ0n) is 4.73. The molecule has 0 bridgehead atoms. The van der Waals surface area contributed by atoms with Crippen LogP contribution in [0.1, 0.15) is 19.3 Å². The van der Waals surface area contributed by atoms with Gasteiger partial charge in [-0.3, -0.25) is 0 Å². The van der Waals surface area contributed by atoms with Gasteiger partial charge < -0.3 is 0 Å². The second-order valence-corrected chi connectivity index (χ2v) is 3.11. The molecule has 1 heteroatoms. The molecule has 3 atom stereocenters. The summed E-state index contributed by atoms with van der Waals surface area (Å²) in [5, 5.41) is 0. The van der Waals surface area contributed by atoms with Crippen LogP contribution in [0.3, 0.4) is 0 Å². The van der Waals surface area contributed by atoms with Crippen molar-refractivity contribution in [3.63, 3.8) is 0 Å². The average Bonchev–Trinajstić information content (AvgIpc) is 2.22. The fourth-order valence-corrected chi connectivity index (χ4v) is 2.31. The number of hydrogen-bond donors (Lipinski definition) is 0. The Kier molecular flexibility index (Phi) is 1.04. The number of fused-ring (bicyclic) bond motifs is 1. The Hall–Kier alpha value is 0.290. The van der Waals surface area contributed by atoms with E-state index in [2.05, 4.69) is 5.88 Å². The van der Waals surface area contributed by atoms with Crippen LogP contribution in [0.2, 0.25) is 0 Å². The predicted octanol–water partition coefficient (Wildman–Crippen LogP) is 2.31. The highest BCUT2D eigenvalue weighted by Gasteiger charge is 2.51. The molecule has 8 heavy (non-hydrogen) atoms. The van der Waals surface area contributed by atoms with E-state index < -0.39 is 0 Å². The molecule has 0 aliphatic heterocycles. The summed E-state index contributed by atoms with van der Waals surface area (Å²) in [6.07, 6.45) is 4.26. The van der Waals surface area contributed by atoms with Gasteiger partial charge in [0.25, 0.3) is 0 Å². The minimum atomic E-state index is 0.686. The van der Waals surface area contributed by atoms with Crippen molar-refractivity contribution in [2.24, 2.45) is 17.8 Å². The average molecular weight is 129 g/mol. The van der Waals surface area contributed by atoms with E-state index in [0.717, 1.165) is 11.8 Å². The van der Waals surface area contributed by atoms with Gasteiger partial charge in [-0.2, -0.15) is 0 Å². The summed E-state index contributed by atoms with van der Waals surface area (Å²) < 4.78 is 0. The van der Waals surface area contributed by atoms with Gasteiger partial charge in [0.1, 0.15) is 0 Å². The quantitative estimate of drug-likeness (QED) is 0.509. The maximum Gasteiger partial charge on any atom is 0.0903 e. The van der Waals surface area contributed by atoms with E-state index in [0.29, 0.717) is 5.92 Å². The van der Waals surface area contributed by atoms with Gasteiger partial charge in [-0.1, -0.05) is 6.42 Å². The molecule has 2 fully saturated rings. The summed E-state index contributed by atoms with van der Waals surface area (Å²) in [4.78, 5) is 0. The van der Waals surface area contributed by atoms with Crippen LogP contribution in [0.4, 0.5) is 0 Å². The van der Waals surface area contributed by atoms with Crippen LogP contribution in [0.25, 0.3) is 0 Å². The van der Waals surface area contributed by atoms with Crippen molar-refractivity contribution in [1.82, 2.24) is 0 Å². The number of rotatable bonds is 1. The molecule has 2 aliphatic carbocycles. The van der Waals surface area contributed by atoms with Crippen molar-refractivity contribution in [1.29, 1.82) is 0 Å².